The van der Waals surface area contributed by atoms with Gasteiger partial charge in [0.15, 0.2) is 0 Å². The van der Waals surface area contributed by atoms with Gasteiger partial charge >= 0.3 is 0 Å². The van der Waals surface area contributed by atoms with E-state index in [9.17, 15) is 9.18 Å². The number of carbonyl (C=O) groups is 1. The van der Waals surface area contributed by atoms with Crippen LogP contribution in [0.15, 0.2) is 35.7 Å². The van der Waals surface area contributed by atoms with Crippen molar-refractivity contribution in [2.24, 2.45) is 0 Å². The molecule has 0 saturated carbocycles. The zero-order chi connectivity index (χ0) is 14.4. The van der Waals surface area contributed by atoms with Gasteiger partial charge < -0.3 is 10.4 Å². The van der Waals surface area contributed by atoms with E-state index in [-0.39, 0.29) is 18.1 Å². The maximum Gasteiger partial charge on any atom is 0.220 e. The lowest BCUT2D eigenvalue weighted by molar-refractivity contribution is -0.121. The van der Waals surface area contributed by atoms with Gasteiger partial charge in [-0.25, -0.2) is 4.39 Å². The molecule has 0 aliphatic heterocycles. The summed E-state index contributed by atoms with van der Waals surface area (Å²) in [6, 6.07) is 8.44. The number of amides is 1. The number of rotatable bonds is 6. The van der Waals surface area contributed by atoms with Gasteiger partial charge in [0, 0.05) is 23.4 Å². The molecule has 2 aromatic rings. The number of aryl methyl sites for hydroxylation is 1. The smallest absolute Gasteiger partial charge is 0.220 e. The van der Waals surface area contributed by atoms with E-state index in [1.807, 2.05) is 17.5 Å². The van der Waals surface area contributed by atoms with E-state index in [1.165, 1.54) is 10.9 Å². The van der Waals surface area contributed by atoms with E-state index in [1.54, 1.807) is 23.5 Å². The number of hydrogen-bond acceptors (Lipinski definition) is 3. The second-order valence-corrected chi connectivity index (χ2v) is 5.47. The molecule has 0 unspecified atom stereocenters. The van der Waals surface area contributed by atoms with Gasteiger partial charge in [0.2, 0.25) is 5.91 Å². The third-order valence-electron chi connectivity index (χ3n) is 2.95. The van der Waals surface area contributed by atoms with Crippen LogP contribution in [0.1, 0.15) is 22.4 Å². The van der Waals surface area contributed by atoms with Crippen molar-refractivity contribution >= 4 is 17.2 Å². The molecule has 2 N–H and O–H groups in total. The molecule has 1 heterocycles. The highest BCUT2D eigenvalue weighted by Gasteiger charge is 2.05. The Kier molecular flexibility index (Phi) is 5.26. The first-order valence-electron chi connectivity index (χ1n) is 6.36. The monoisotopic (exact) mass is 293 g/mol. The summed E-state index contributed by atoms with van der Waals surface area (Å²) in [6.45, 7) is 0.00253. The minimum atomic E-state index is -0.430. The highest BCUT2D eigenvalue weighted by atomic mass is 32.1. The summed E-state index contributed by atoms with van der Waals surface area (Å²) in [5.74, 6) is -0.464. The van der Waals surface area contributed by atoms with E-state index in [0.717, 1.165) is 12.0 Å². The van der Waals surface area contributed by atoms with E-state index in [4.69, 9.17) is 5.11 Å². The average molecular weight is 293 g/mol. The number of hydrogen-bond donors (Lipinski definition) is 2. The molecular weight excluding hydrogens is 277 g/mol. The number of benzene rings is 1. The van der Waals surface area contributed by atoms with E-state index in [2.05, 4.69) is 5.32 Å². The fourth-order valence-electron chi connectivity index (χ4n) is 1.84. The number of thiophene rings is 1. The molecule has 0 radical (unpaired) electrons. The summed E-state index contributed by atoms with van der Waals surface area (Å²) >= 11 is 1.64. The Balaban J connectivity index is 1.81. The molecule has 0 fully saturated rings. The minimum absolute atomic E-state index is 0.0340. The summed E-state index contributed by atoms with van der Waals surface area (Å²) in [7, 11) is 0. The quantitative estimate of drug-likeness (QED) is 0.860. The number of carbonyl (C=O) groups excluding carboxylic acids is 1. The van der Waals surface area contributed by atoms with Crippen molar-refractivity contribution in [3.8, 4) is 0 Å². The Morgan fingerprint density at radius 1 is 1.35 bits per heavy atom. The largest absolute Gasteiger partial charge is 0.392 e. The molecule has 106 valence electrons. The first-order chi connectivity index (χ1) is 9.69. The van der Waals surface area contributed by atoms with Gasteiger partial charge in [-0.1, -0.05) is 12.1 Å². The van der Waals surface area contributed by atoms with Crippen molar-refractivity contribution in [1.82, 2.24) is 5.32 Å². The van der Waals surface area contributed by atoms with Crippen molar-refractivity contribution < 1.29 is 14.3 Å². The molecule has 3 nitrogen and oxygen atoms in total. The van der Waals surface area contributed by atoms with Gasteiger partial charge in [0.25, 0.3) is 0 Å². The van der Waals surface area contributed by atoms with Crippen molar-refractivity contribution in [2.45, 2.75) is 26.0 Å². The summed E-state index contributed by atoms with van der Waals surface area (Å²) < 4.78 is 13.2. The molecule has 0 saturated heterocycles. The molecule has 1 aromatic carbocycles. The van der Waals surface area contributed by atoms with Crippen LogP contribution in [0.25, 0.3) is 0 Å². The maximum atomic E-state index is 13.2. The zero-order valence-corrected chi connectivity index (χ0v) is 11.8. The predicted octanol–water partition coefficient (Wildman–Crippen LogP) is 2.63. The van der Waals surface area contributed by atoms with Crippen molar-refractivity contribution in [3.05, 3.63) is 57.5 Å². The average Bonchev–Trinajstić information content (AvgIpc) is 2.97. The fraction of sp³-hybridized carbons (Fsp3) is 0.267. The van der Waals surface area contributed by atoms with Gasteiger partial charge in [-0.05, 0) is 35.6 Å². The van der Waals surface area contributed by atoms with Gasteiger partial charge in [-0.3, -0.25) is 4.79 Å². The van der Waals surface area contributed by atoms with Crippen molar-refractivity contribution in [1.29, 1.82) is 0 Å². The molecule has 0 spiro atoms. The molecule has 5 heteroatoms. The van der Waals surface area contributed by atoms with Crippen molar-refractivity contribution in [3.63, 3.8) is 0 Å². The van der Waals surface area contributed by atoms with Gasteiger partial charge in [0.05, 0.1) is 6.61 Å². The second kappa shape index (κ2) is 7.17. The van der Waals surface area contributed by atoms with E-state index >= 15 is 0 Å². The maximum absolute atomic E-state index is 13.2. The first-order valence-corrected chi connectivity index (χ1v) is 7.24. The normalized spacial score (nSPS) is 10.5. The zero-order valence-electron chi connectivity index (χ0n) is 10.9. The van der Waals surface area contributed by atoms with E-state index in [0.29, 0.717) is 13.0 Å². The third-order valence-corrected chi connectivity index (χ3v) is 3.88. The summed E-state index contributed by atoms with van der Waals surface area (Å²) in [4.78, 5) is 12.9. The molecule has 1 aromatic heterocycles. The summed E-state index contributed by atoms with van der Waals surface area (Å²) in [5.41, 5.74) is 1.02. The highest BCUT2D eigenvalue weighted by Crippen LogP contribution is 2.12. The van der Waals surface area contributed by atoms with Crippen LogP contribution in [0.4, 0.5) is 4.39 Å². The van der Waals surface area contributed by atoms with Crippen LogP contribution >= 0.6 is 11.3 Å². The Morgan fingerprint density at radius 2 is 2.20 bits per heavy atom. The number of aliphatic hydroxyl groups is 1. The van der Waals surface area contributed by atoms with E-state index < -0.39 is 5.82 Å². The lowest BCUT2D eigenvalue weighted by Gasteiger charge is -2.07. The van der Waals surface area contributed by atoms with Crippen LogP contribution in [0, 0.1) is 5.82 Å². The molecule has 0 bridgehead atoms. The number of aliphatic hydroxyl groups excluding tert-OH is 1. The number of halogens is 1. The molecule has 0 aliphatic rings. The van der Waals surface area contributed by atoms with Crippen LogP contribution in [-0.2, 0) is 24.4 Å². The lowest BCUT2D eigenvalue weighted by Crippen LogP contribution is -2.23. The molecule has 1 amide bonds. The molecule has 2 rings (SSSR count). The molecule has 0 aliphatic carbocycles. The predicted molar refractivity (Wildman–Crippen MR) is 76.8 cm³/mol. The molecular formula is C15H16FNO2S. The van der Waals surface area contributed by atoms with Crippen LogP contribution in [0.5, 0.6) is 0 Å². The van der Waals surface area contributed by atoms with Crippen LogP contribution in [0.3, 0.4) is 0 Å². The minimum Gasteiger partial charge on any atom is -0.392 e. The topological polar surface area (TPSA) is 49.3 Å². The van der Waals surface area contributed by atoms with Gasteiger partial charge in [-0.15, -0.1) is 11.3 Å². The Hall–Kier alpha value is -1.72. The molecule has 20 heavy (non-hydrogen) atoms. The van der Waals surface area contributed by atoms with Crippen LogP contribution in [0.2, 0.25) is 0 Å². The second-order valence-electron chi connectivity index (χ2n) is 4.44. The summed E-state index contributed by atoms with van der Waals surface area (Å²) in [6.07, 6.45) is 1.17. The fourth-order valence-corrected chi connectivity index (χ4v) is 2.55. The molecule has 0 atom stereocenters. The standard InChI is InChI=1S/C15H16FNO2S/c16-14-5-3-11(8-12(14)10-18)9-17-15(19)6-4-13-2-1-7-20-13/h1-3,5,7-8,18H,4,6,9-10H2,(H,17,19). The lowest BCUT2D eigenvalue weighted by atomic mass is 10.1. The van der Waals surface area contributed by atoms with Crippen molar-refractivity contribution in [2.75, 3.05) is 0 Å². The SMILES string of the molecule is O=C(CCc1cccs1)NCc1ccc(F)c(CO)c1. The van der Waals surface area contributed by atoms with Gasteiger partial charge in [-0.2, -0.15) is 0 Å². The van der Waals surface area contributed by atoms with Gasteiger partial charge in [0.1, 0.15) is 5.82 Å². The number of nitrogens with one attached hydrogen (secondary N) is 1. The van der Waals surface area contributed by atoms with Crippen LogP contribution < -0.4 is 5.32 Å². The van der Waals surface area contributed by atoms with Crippen LogP contribution in [-0.4, -0.2) is 11.0 Å². The first kappa shape index (κ1) is 14.7. The summed E-state index contributed by atoms with van der Waals surface area (Å²) in [5, 5.41) is 13.8. The highest BCUT2D eigenvalue weighted by molar-refractivity contribution is 7.09. The Morgan fingerprint density at radius 3 is 2.90 bits per heavy atom. The Bertz CT molecular complexity index is 569. The Labute approximate surface area is 121 Å². The third kappa shape index (κ3) is 4.15.